The molecule has 138 valence electrons. The van der Waals surface area contributed by atoms with Crippen LogP contribution in [-0.2, 0) is 6.42 Å². The number of aromatic amines is 1. The maximum atomic E-state index is 6.38. The molecule has 4 aromatic rings. The Morgan fingerprint density at radius 3 is 2.70 bits per heavy atom. The quantitative estimate of drug-likeness (QED) is 0.423. The molecule has 2 aromatic heterocycles. The van der Waals surface area contributed by atoms with Gasteiger partial charge in [0, 0.05) is 32.6 Å². The van der Waals surface area contributed by atoms with E-state index in [4.69, 9.17) is 22.3 Å². The van der Waals surface area contributed by atoms with Crippen molar-refractivity contribution in [2.24, 2.45) is 5.73 Å². The van der Waals surface area contributed by atoms with Crippen molar-refractivity contribution in [1.29, 1.82) is 0 Å². The fourth-order valence-corrected chi connectivity index (χ4v) is 4.17. The van der Waals surface area contributed by atoms with E-state index in [1.165, 1.54) is 27.6 Å². The van der Waals surface area contributed by atoms with Gasteiger partial charge in [-0.15, -0.1) is 0 Å². The third-order valence-corrected chi connectivity index (χ3v) is 5.42. The minimum absolute atomic E-state index is 0.717. The molecule has 0 saturated heterocycles. The Bertz CT molecular complexity index is 1130. The van der Waals surface area contributed by atoms with Crippen molar-refractivity contribution in [2.45, 2.75) is 33.1 Å². The summed E-state index contributed by atoms with van der Waals surface area (Å²) in [7, 11) is 0. The summed E-state index contributed by atoms with van der Waals surface area (Å²) in [5.41, 5.74) is 13.8. The van der Waals surface area contributed by atoms with Gasteiger partial charge in [0.1, 0.15) is 0 Å². The highest BCUT2D eigenvalue weighted by Crippen LogP contribution is 2.37. The first kappa shape index (κ1) is 18.0. The monoisotopic (exact) mass is 377 g/mol. The van der Waals surface area contributed by atoms with E-state index in [1.54, 1.807) is 0 Å². The number of nitrogens with zero attached hydrogens (tertiary/aromatic N) is 1. The van der Waals surface area contributed by atoms with E-state index in [-0.39, 0.29) is 0 Å². The summed E-state index contributed by atoms with van der Waals surface area (Å²) in [4.78, 5) is 8.39. The standard InChI is InChI=1S/C23H24ClN3/c1-14-12-16(24)13-20-19(6-3-4-11-25)23(27-22(14)20)18-7-5-8-21-17(18)10-9-15(2)26-21/h5,7-10,12-13,27H,3-4,6,11,25H2,1-2H3. The van der Waals surface area contributed by atoms with E-state index in [9.17, 15) is 0 Å². The molecule has 3 N–H and O–H groups in total. The van der Waals surface area contributed by atoms with Crippen molar-refractivity contribution < 1.29 is 0 Å². The molecular weight excluding hydrogens is 354 g/mol. The Kier molecular flexibility index (Phi) is 4.90. The minimum Gasteiger partial charge on any atom is -0.354 e. The molecule has 2 heterocycles. The summed E-state index contributed by atoms with van der Waals surface area (Å²) in [5.74, 6) is 0. The van der Waals surface area contributed by atoms with Crippen LogP contribution in [0, 0.1) is 13.8 Å². The second-order valence-corrected chi connectivity index (χ2v) is 7.63. The Balaban J connectivity index is 1.98. The van der Waals surface area contributed by atoms with Gasteiger partial charge in [0.05, 0.1) is 11.2 Å². The van der Waals surface area contributed by atoms with Crippen LogP contribution in [0.1, 0.15) is 29.7 Å². The first-order valence-corrected chi connectivity index (χ1v) is 9.84. The zero-order valence-corrected chi connectivity index (χ0v) is 16.5. The summed E-state index contributed by atoms with van der Waals surface area (Å²) in [6, 6.07) is 14.7. The average Bonchev–Trinajstić information content (AvgIpc) is 3.00. The van der Waals surface area contributed by atoms with Gasteiger partial charge in [-0.1, -0.05) is 29.8 Å². The number of nitrogens with one attached hydrogen (secondary N) is 1. The lowest BCUT2D eigenvalue weighted by Gasteiger charge is -2.09. The van der Waals surface area contributed by atoms with E-state index in [0.717, 1.165) is 53.1 Å². The second-order valence-electron chi connectivity index (χ2n) is 7.19. The second kappa shape index (κ2) is 7.34. The molecule has 0 amide bonds. The van der Waals surface area contributed by atoms with Gasteiger partial charge in [-0.3, -0.25) is 4.98 Å². The number of H-pyrrole nitrogens is 1. The number of benzene rings is 2. The largest absolute Gasteiger partial charge is 0.354 e. The van der Waals surface area contributed by atoms with Crippen LogP contribution < -0.4 is 5.73 Å². The highest BCUT2D eigenvalue weighted by atomic mass is 35.5. The fourth-order valence-electron chi connectivity index (χ4n) is 3.89. The number of aryl methyl sites for hydroxylation is 3. The van der Waals surface area contributed by atoms with Gasteiger partial charge in [0.15, 0.2) is 0 Å². The van der Waals surface area contributed by atoms with Crippen molar-refractivity contribution in [3.8, 4) is 11.3 Å². The van der Waals surface area contributed by atoms with Crippen molar-refractivity contribution in [2.75, 3.05) is 6.54 Å². The molecule has 0 atom stereocenters. The van der Waals surface area contributed by atoms with Gasteiger partial charge in [-0.25, -0.2) is 0 Å². The average molecular weight is 378 g/mol. The number of hydrogen-bond donors (Lipinski definition) is 2. The maximum absolute atomic E-state index is 6.38. The molecule has 2 aromatic carbocycles. The third-order valence-electron chi connectivity index (χ3n) is 5.20. The van der Waals surface area contributed by atoms with Crippen molar-refractivity contribution in [1.82, 2.24) is 9.97 Å². The summed E-state index contributed by atoms with van der Waals surface area (Å²) < 4.78 is 0. The topological polar surface area (TPSA) is 54.7 Å². The summed E-state index contributed by atoms with van der Waals surface area (Å²) in [5, 5.41) is 3.16. The number of hydrogen-bond acceptors (Lipinski definition) is 2. The molecule has 27 heavy (non-hydrogen) atoms. The minimum atomic E-state index is 0.717. The number of rotatable bonds is 5. The molecule has 0 aliphatic rings. The SMILES string of the molecule is Cc1ccc2c(-c3[nH]c4c(C)cc(Cl)cc4c3CCCCN)cccc2n1. The molecule has 4 rings (SSSR count). The predicted octanol–water partition coefficient (Wildman–Crippen LogP) is 5.93. The van der Waals surface area contributed by atoms with Crippen molar-refractivity contribution in [3.63, 3.8) is 0 Å². The predicted molar refractivity (Wildman–Crippen MR) is 116 cm³/mol. The lowest BCUT2D eigenvalue weighted by Crippen LogP contribution is -1.99. The van der Waals surface area contributed by atoms with Crippen molar-refractivity contribution >= 4 is 33.4 Å². The van der Waals surface area contributed by atoms with Crippen LogP contribution in [0.3, 0.4) is 0 Å². The van der Waals surface area contributed by atoms with Gasteiger partial charge in [-0.2, -0.15) is 0 Å². The molecule has 0 spiro atoms. The van der Waals surface area contributed by atoms with Gasteiger partial charge in [0.2, 0.25) is 0 Å². The molecule has 0 aliphatic heterocycles. The molecule has 0 unspecified atom stereocenters. The van der Waals surface area contributed by atoms with Crippen LogP contribution in [-0.4, -0.2) is 16.5 Å². The van der Waals surface area contributed by atoms with Gasteiger partial charge in [0.25, 0.3) is 0 Å². The zero-order chi connectivity index (χ0) is 19.0. The number of nitrogens with two attached hydrogens (primary N) is 1. The number of fused-ring (bicyclic) bond motifs is 2. The Labute approximate surface area is 164 Å². The van der Waals surface area contributed by atoms with E-state index in [2.05, 4.69) is 48.3 Å². The zero-order valence-electron chi connectivity index (χ0n) is 15.8. The fraction of sp³-hybridized carbons (Fsp3) is 0.261. The number of unbranched alkanes of at least 4 members (excludes halogenated alkanes) is 1. The van der Waals surface area contributed by atoms with Gasteiger partial charge < -0.3 is 10.7 Å². The van der Waals surface area contributed by atoms with Crippen LogP contribution in [0.25, 0.3) is 33.1 Å². The Morgan fingerprint density at radius 1 is 1.04 bits per heavy atom. The van der Waals surface area contributed by atoms with Gasteiger partial charge >= 0.3 is 0 Å². The summed E-state index contributed by atoms with van der Waals surface area (Å²) in [6.45, 7) is 4.85. The summed E-state index contributed by atoms with van der Waals surface area (Å²) >= 11 is 6.38. The third kappa shape index (κ3) is 3.33. The van der Waals surface area contributed by atoms with Crippen LogP contribution in [0.4, 0.5) is 0 Å². The highest BCUT2D eigenvalue weighted by Gasteiger charge is 2.17. The number of aromatic nitrogens is 2. The first-order valence-electron chi connectivity index (χ1n) is 9.46. The highest BCUT2D eigenvalue weighted by molar-refractivity contribution is 6.31. The van der Waals surface area contributed by atoms with E-state index >= 15 is 0 Å². The lowest BCUT2D eigenvalue weighted by atomic mass is 9.97. The van der Waals surface area contributed by atoms with Gasteiger partial charge in [-0.05, 0) is 75.0 Å². The molecule has 0 fully saturated rings. The molecule has 0 radical (unpaired) electrons. The number of pyridine rings is 1. The molecule has 0 bridgehead atoms. The normalized spacial score (nSPS) is 11.6. The Hall–Kier alpha value is -2.36. The van der Waals surface area contributed by atoms with Crippen LogP contribution in [0.15, 0.2) is 42.5 Å². The van der Waals surface area contributed by atoms with E-state index in [0.29, 0.717) is 0 Å². The van der Waals surface area contributed by atoms with Crippen molar-refractivity contribution in [3.05, 3.63) is 64.3 Å². The van der Waals surface area contributed by atoms with E-state index in [1.807, 2.05) is 13.0 Å². The molecule has 4 heteroatoms. The van der Waals surface area contributed by atoms with Crippen LogP contribution in [0.5, 0.6) is 0 Å². The Morgan fingerprint density at radius 2 is 1.89 bits per heavy atom. The molecule has 0 aliphatic carbocycles. The van der Waals surface area contributed by atoms with Crippen LogP contribution >= 0.6 is 11.6 Å². The van der Waals surface area contributed by atoms with Crippen LogP contribution in [0.2, 0.25) is 5.02 Å². The molecule has 0 saturated carbocycles. The van der Waals surface area contributed by atoms with E-state index < -0.39 is 0 Å². The first-order chi connectivity index (χ1) is 13.1. The smallest absolute Gasteiger partial charge is 0.0711 e. The molecule has 3 nitrogen and oxygen atoms in total. The lowest BCUT2D eigenvalue weighted by molar-refractivity contribution is 0.748. The number of halogens is 1. The summed E-state index contributed by atoms with van der Waals surface area (Å²) in [6.07, 6.45) is 3.05. The molecular formula is C23H24ClN3. The maximum Gasteiger partial charge on any atom is 0.0711 e.